The van der Waals surface area contributed by atoms with Crippen LogP contribution in [0.2, 0.25) is 15.1 Å². The van der Waals surface area contributed by atoms with Crippen molar-refractivity contribution in [3.8, 4) is 65.5 Å². The summed E-state index contributed by atoms with van der Waals surface area (Å²) in [6.45, 7) is 10.4. The first-order chi connectivity index (χ1) is 45.2. The maximum atomic E-state index is 15.2. The zero-order valence-corrected chi connectivity index (χ0v) is 60.3. The summed E-state index contributed by atoms with van der Waals surface area (Å²) < 4.78 is 243. The van der Waals surface area contributed by atoms with Crippen LogP contribution in [0.1, 0.15) is 79.4 Å². The molecule has 0 saturated heterocycles. The van der Waals surface area contributed by atoms with Crippen LogP contribution in [0.15, 0.2) is 126 Å². The molecule has 6 heterocycles. The first-order valence-corrected chi connectivity index (χ1v) is 37.7. The van der Waals surface area contributed by atoms with E-state index in [0.717, 1.165) is 70.4 Å². The molecule has 0 aliphatic heterocycles. The molecule has 0 radical (unpaired) electrons. The maximum absolute atomic E-state index is 15.2. The van der Waals surface area contributed by atoms with Gasteiger partial charge in [0, 0.05) is 101 Å². The summed E-state index contributed by atoms with van der Waals surface area (Å²) in [7, 11) is -27.2. The third-order valence-electron chi connectivity index (χ3n) is 14.1. The number of phosphoric acid groups is 1. The molecular formula is C60H54Cl3F9N9O10PS6. The van der Waals surface area contributed by atoms with Gasteiger partial charge in [-0.3, -0.25) is 28.5 Å². The van der Waals surface area contributed by atoms with Gasteiger partial charge in [0.2, 0.25) is 0 Å². The minimum absolute atomic E-state index is 0.00387. The molecule has 3 aromatic carbocycles. The molecule has 524 valence electrons. The molecule has 0 aliphatic rings. The van der Waals surface area contributed by atoms with Gasteiger partial charge >= 0.3 is 54.4 Å². The Bertz CT molecular complexity index is 4410. The van der Waals surface area contributed by atoms with Crippen molar-refractivity contribution in [3.05, 3.63) is 158 Å². The number of aromatic nitrogens is 6. The summed E-state index contributed by atoms with van der Waals surface area (Å²) >= 11 is 23.2. The third-order valence-corrected chi connectivity index (χ3v) is 23.5. The van der Waals surface area contributed by atoms with Gasteiger partial charge in [-0.25, -0.2) is 32.4 Å². The first kappa shape index (κ1) is 75.8. The fraction of sp³-hybridized carbons (Fsp3) is 0.300. The molecule has 19 nitrogen and oxygen atoms in total. The molecule has 0 amide bonds. The largest absolute Gasteiger partial charge is 0.516 e. The lowest BCUT2D eigenvalue weighted by Gasteiger charge is -2.31. The van der Waals surface area contributed by atoms with Gasteiger partial charge in [0.05, 0.1) is 49.2 Å². The lowest BCUT2D eigenvalue weighted by Crippen LogP contribution is -2.44. The Kier molecular flexibility index (Phi) is 21.5. The van der Waals surface area contributed by atoms with Gasteiger partial charge in [0.1, 0.15) is 35.2 Å². The normalized spacial score (nSPS) is 13.3. The Morgan fingerprint density at radius 1 is 0.408 bits per heavy atom. The average molecular weight is 1560 g/mol. The van der Waals surface area contributed by atoms with E-state index < -0.39 is 120 Å². The number of phosphoric ester groups is 1. The van der Waals surface area contributed by atoms with Crippen molar-refractivity contribution in [2.45, 2.75) is 95.1 Å². The fourth-order valence-corrected chi connectivity index (χ4v) is 15.8. The quantitative estimate of drug-likeness (QED) is 0.0369. The molecule has 0 bridgehead atoms. The summed E-state index contributed by atoms with van der Waals surface area (Å²) in [6.07, 6.45) is 4.65. The Morgan fingerprint density at radius 3 is 0.867 bits per heavy atom. The van der Waals surface area contributed by atoms with Crippen molar-refractivity contribution in [1.82, 2.24) is 29.9 Å². The van der Waals surface area contributed by atoms with Gasteiger partial charge in [-0.2, -0.15) is 64.8 Å². The average Bonchev–Trinajstić information content (AvgIpc) is 1.02. The van der Waals surface area contributed by atoms with Crippen LogP contribution in [-0.2, 0) is 64.5 Å². The highest BCUT2D eigenvalue weighted by Crippen LogP contribution is 2.53. The van der Waals surface area contributed by atoms with Crippen LogP contribution < -0.4 is 12.9 Å². The third kappa shape index (κ3) is 16.5. The van der Waals surface area contributed by atoms with E-state index in [-0.39, 0.29) is 50.0 Å². The van der Waals surface area contributed by atoms with Crippen LogP contribution in [0.25, 0.3) is 65.5 Å². The number of hydrogen-bond acceptors (Lipinski definition) is 19. The van der Waals surface area contributed by atoms with E-state index in [1.165, 1.54) is 16.1 Å². The van der Waals surface area contributed by atoms with Crippen LogP contribution >= 0.6 is 76.6 Å². The van der Waals surface area contributed by atoms with E-state index in [1.807, 2.05) is 62.3 Å². The molecule has 9 aromatic rings. The topological polar surface area (TPSA) is 234 Å². The summed E-state index contributed by atoms with van der Waals surface area (Å²) in [4.78, 5) is 26.9. The molecule has 38 heteroatoms. The van der Waals surface area contributed by atoms with Gasteiger partial charge in [0.25, 0.3) is 0 Å². The van der Waals surface area contributed by atoms with Crippen LogP contribution in [0.5, 0.6) is 0 Å². The first-order valence-electron chi connectivity index (χ1n) is 28.2. The SMILES string of the molecule is CC(C)(C)c1cc(-c2nc(-c3ccc(N(COP(=O)(OCN(c4ccc(-c5csc(-c6ccnc(C(C)(C)C)c6)n5)c(Cl)c4)S(=O)(=O)C(F)(F)F)OCN(c4ccc(-c5csc(-c6ccnc(C(C)(C)C)c6)n5)c(Cl)c4)S(=O)(=O)C(F)(F)F)S(=O)(=O)C(F)(F)F)cc3Cl)cs2)ccn1. The van der Waals surface area contributed by atoms with Crippen molar-refractivity contribution in [2.75, 3.05) is 33.1 Å². The van der Waals surface area contributed by atoms with Gasteiger partial charge in [-0.15, -0.1) is 34.0 Å². The van der Waals surface area contributed by atoms with Crippen LogP contribution in [-0.4, -0.2) is 91.9 Å². The number of pyridine rings is 3. The van der Waals surface area contributed by atoms with Gasteiger partial charge in [-0.05, 0) is 91.0 Å². The van der Waals surface area contributed by atoms with Crippen LogP contribution in [0.4, 0.5) is 56.6 Å². The molecule has 0 saturated carbocycles. The summed E-state index contributed by atoms with van der Waals surface area (Å²) in [5.41, 5.74) is -19.1. The molecule has 0 aliphatic carbocycles. The van der Waals surface area contributed by atoms with E-state index in [9.17, 15) is 64.8 Å². The second-order valence-electron chi connectivity index (χ2n) is 24.3. The van der Waals surface area contributed by atoms with Gasteiger partial charge < -0.3 is 0 Å². The van der Waals surface area contributed by atoms with Crippen molar-refractivity contribution < 1.29 is 82.9 Å². The highest BCUT2D eigenvalue weighted by atomic mass is 35.5. The standard InChI is InChI=1S/C60H54Cl3F9N9O10PS6/c1-55(2,3)49-22-34(16-19-73-49)52-76-46(28-93-52)40-13-10-37(25-43(40)61)79(96(83,84)58(64,65)66)31-89-92(82,90-32-80(97(85,86)59(67,68)69)38-11-14-41(44(62)26-38)47-29-94-53(77-47)35-17-20-74-50(23-35)56(4,5)6)91-33-81(98(87,88)60(70,71)72)39-12-15-42(45(63)27-39)48-30-95-54(78-48)36-18-21-75-51(24-36)57(7,8)9/h10-30H,31-33H2,1-9H3. The summed E-state index contributed by atoms with van der Waals surface area (Å²) in [6, 6.07) is 17.4. The van der Waals surface area contributed by atoms with Crippen LogP contribution in [0.3, 0.4) is 0 Å². The molecule has 0 atom stereocenters. The lowest BCUT2D eigenvalue weighted by molar-refractivity contribution is -0.0446. The summed E-state index contributed by atoms with van der Waals surface area (Å²) in [5.74, 6) is 0. The van der Waals surface area contributed by atoms with E-state index in [4.69, 9.17) is 48.4 Å². The predicted molar refractivity (Wildman–Crippen MR) is 361 cm³/mol. The van der Waals surface area contributed by atoms with Crippen molar-refractivity contribution in [3.63, 3.8) is 0 Å². The highest BCUT2D eigenvalue weighted by molar-refractivity contribution is 7.94. The Hall–Kier alpha value is -6.40. The molecule has 0 spiro atoms. The highest BCUT2D eigenvalue weighted by Gasteiger charge is 2.54. The van der Waals surface area contributed by atoms with E-state index in [2.05, 4.69) is 29.9 Å². The van der Waals surface area contributed by atoms with Crippen LogP contribution in [0, 0.1) is 0 Å². The molecule has 0 fully saturated rings. The molecule has 6 aromatic heterocycles. The number of alkyl halides is 9. The van der Waals surface area contributed by atoms with Crippen molar-refractivity contribution in [2.24, 2.45) is 0 Å². The second-order valence-corrected chi connectivity index (χ2v) is 35.3. The maximum Gasteiger partial charge on any atom is 0.516 e. The predicted octanol–water partition coefficient (Wildman–Crippen LogP) is 18.5. The fourth-order valence-electron chi connectivity index (χ4n) is 8.82. The Morgan fingerprint density at radius 2 is 0.653 bits per heavy atom. The van der Waals surface area contributed by atoms with Crippen molar-refractivity contribution in [1.29, 1.82) is 0 Å². The Balaban J connectivity index is 1.10. The number of rotatable bonds is 21. The monoisotopic (exact) mass is 1560 g/mol. The number of hydrogen-bond donors (Lipinski definition) is 0. The lowest BCUT2D eigenvalue weighted by atomic mass is 9.91. The number of thiazole rings is 3. The molecule has 0 unspecified atom stereocenters. The Labute approximate surface area is 584 Å². The zero-order valence-electron chi connectivity index (χ0n) is 52.3. The number of benzene rings is 3. The number of halogens is 12. The minimum atomic E-state index is -6.85. The molecular weight excluding hydrogens is 1510 g/mol. The summed E-state index contributed by atoms with van der Waals surface area (Å²) in [5, 5.41) is 4.31. The van der Waals surface area contributed by atoms with Crippen molar-refractivity contribution >= 4 is 124 Å². The van der Waals surface area contributed by atoms with E-state index >= 15 is 4.57 Å². The minimum Gasteiger partial charge on any atom is -0.264 e. The smallest absolute Gasteiger partial charge is 0.264 e. The van der Waals surface area contributed by atoms with Gasteiger partial charge in [0.15, 0.2) is 0 Å². The number of sulfonamides is 3. The van der Waals surface area contributed by atoms with Gasteiger partial charge in [-0.1, -0.05) is 97.1 Å². The number of nitrogens with zero attached hydrogens (tertiary/aromatic N) is 9. The molecule has 98 heavy (non-hydrogen) atoms. The number of anilines is 3. The zero-order chi connectivity index (χ0) is 72.3. The van der Waals surface area contributed by atoms with E-state index in [1.54, 1.807) is 55.0 Å². The van der Waals surface area contributed by atoms with E-state index in [0.29, 0.717) is 67.0 Å². The molecule has 0 N–H and O–H groups in total. The molecule has 9 rings (SSSR count). The second kappa shape index (κ2) is 27.9.